The number of anilines is 1. The van der Waals surface area contributed by atoms with Crippen molar-refractivity contribution in [3.8, 4) is 0 Å². The van der Waals surface area contributed by atoms with E-state index in [1.54, 1.807) is 4.52 Å². The maximum absolute atomic E-state index is 5.54. The van der Waals surface area contributed by atoms with E-state index >= 15 is 0 Å². The summed E-state index contributed by atoms with van der Waals surface area (Å²) in [5.74, 6) is 0.599. The lowest BCUT2D eigenvalue weighted by Gasteiger charge is -2.22. The topological polar surface area (TPSA) is 60.7 Å². The average Bonchev–Trinajstić information content (AvgIpc) is 2.79. The minimum Gasteiger partial charge on any atom is -0.376 e. The molecular formula is C11H13BrN4O2. The molecule has 3 rings (SSSR count). The third kappa shape index (κ3) is 2.63. The normalized spacial score (nSPS) is 20.2. The number of hydrogen-bond donors (Lipinski definition) is 1. The van der Waals surface area contributed by atoms with Crippen LogP contribution in [0.1, 0.15) is 0 Å². The molecule has 0 saturated carbocycles. The van der Waals surface area contributed by atoms with E-state index in [9.17, 15) is 0 Å². The Balaban J connectivity index is 1.67. The number of hydrogen-bond acceptors (Lipinski definition) is 5. The van der Waals surface area contributed by atoms with Crippen LogP contribution in [-0.2, 0) is 9.47 Å². The summed E-state index contributed by atoms with van der Waals surface area (Å²) in [7, 11) is 0. The molecule has 1 aliphatic heterocycles. The minimum atomic E-state index is 0.0668. The van der Waals surface area contributed by atoms with Crippen molar-refractivity contribution in [2.45, 2.75) is 6.10 Å². The second-order valence-electron chi connectivity index (χ2n) is 4.03. The van der Waals surface area contributed by atoms with Crippen molar-refractivity contribution in [2.24, 2.45) is 0 Å². The number of ether oxygens (including phenoxy) is 2. The Morgan fingerprint density at radius 3 is 3.22 bits per heavy atom. The zero-order chi connectivity index (χ0) is 12.4. The smallest absolute Gasteiger partial charge is 0.243 e. The molecule has 1 atom stereocenters. The molecule has 0 radical (unpaired) electrons. The largest absolute Gasteiger partial charge is 0.376 e. The van der Waals surface area contributed by atoms with E-state index in [4.69, 9.17) is 9.47 Å². The summed E-state index contributed by atoms with van der Waals surface area (Å²) in [5.41, 5.74) is 0.807. The number of aromatic nitrogens is 3. The van der Waals surface area contributed by atoms with Gasteiger partial charge in [-0.1, -0.05) is 0 Å². The Morgan fingerprint density at radius 2 is 2.39 bits per heavy atom. The molecule has 0 bridgehead atoms. The van der Waals surface area contributed by atoms with Crippen molar-refractivity contribution in [2.75, 3.05) is 31.7 Å². The molecule has 7 heteroatoms. The van der Waals surface area contributed by atoms with E-state index < -0.39 is 0 Å². The number of pyridine rings is 1. The molecule has 0 aliphatic carbocycles. The first-order chi connectivity index (χ1) is 8.81. The van der Waals surface area contributed by atoms with E-state index in [1.165, 1.54) is 0 Å². The summed E-state index contributed by atoms with van der Waals surface area (Å²) in [6, 6.07) is 3.84. The molecule has 0 amide bonds. The quantitative estimate of drug-likeness (QED) is 0.926. The second kappa shape index (κ2) is 5.21. The van der Waals surface area contributed by atoms with Crippen LogP contribution in [0.15, 0.2) is 22.8 Å². The predicted molar refractivity (Wildman–Crippen MR) is 69.7 cm³/mol. The highest BCUT2D eigenvalue weighted by Crippen LogP contribution is 2.12. The van der Waals surface area contributed by atoms with Gasteiger partial charge in [-0.3, -0.25) is 0 Å². The van der Waals surface area contributed by atoms with Gasteiger partial charge in [0.1, 0.15) is 0 Å². The number of halogens is 1. The molecule has 3 heterocycles. The number of fused-ring (bicyclic) bond motifs is 1. The lowest BCUT2D eigenvalue weighted by molar-refractivity contribution is -0.0819. The SMILES string of the molecule is Brc1ccc2nc(NCC3COCCO3)nn2c1. The molecule has 1 unspecified atom stereocenters. The van der Waals surface area contributed by atoms with Gasteiger partial charge in [0.2, 0.25) is 5.95 Å². The van der Waals surface area contributed by atoms with Gasteiger partial charge in [-0.25, -0.2) is 4.52 Å². The highest BCUT2D eigenvalue weighted by molar-refractivity contribution is 9.10. The van der Waals surface area contributed by atoms with Crippen LogP contribution in [0.2, 0.25) is 0 Å². The monoisotopic (exact) mass is 312 g/mol. The Morgan fingerprint density at radius 1 is 1.44 bits per heavy atom. The van der Waals surface area contributed by atoms with Gasteiger partial charge in [0.15, 0.2) is 5.65 Å². The van der Waals surface area contributed by atoms with Gasteiger partial charge in [0.05, 0.1) is 25.9 Å². The zero-order valence-electron chi connectivity index (χ0n) is 9.67. The van der Waals surface area contributed by atoms with Crippen LogP contribution in [0.25, 0.3) is 5.65 Å². The van der Waals surface area contributed by atoms with Crippen LogP contribution in [0.5, 0.6) is 0 Å². The summed E-state index contributed by atoms with van der Waals surface area (Å²) in [6.07, 6.45) is 1.94. The summed E-state index contributed by atoms with van der Waals surface area (Å²) in [6.45, 7) is 2.60. The van der Waals surface area contributed by atoms with Crippen molar-refractivity contribution in [1.82, 2.24) is 14.6 Å². The number of rotatable bonds is 3. The third-order valence-electron chi connectivity index (χ3n) is 2.67. The van der Waals surface area contributed by atoms with Crippen LogP contribution < -0.4 is 5.32 Å². The highest BCUT2D eigenvalue weighted by atomic mass is 79.9. The molecule has 6 nitrogen and oxygen atoms in total. The van der Waals surface area contributed by atoms with Gasteiger partial charge in [0, 0.05) is 17.2 Å². The van der Waals surface area contributed by atoms with E-state index in [2.05, 4.69) is 31.3 Å². The van der Waals surface area contributed by atoms with E-state index in [-0.39, 0.29) is 6.10 Å². The Labute approximate surface area is 112 Å². The van der Waals surface area contributed by atoms with Crippen LogP contribution >= 0.6 is 15.9 Å². The molecule has 96 valence electrons. The fraction of sp³-hybridized carbons (Fsp3) is 0.455. The van der Waals surface area contributed by atoms with E-state index in [0.717, 1.165) is 10.1 Å². The maximum Gasteiger partial charge on any atom is 0.243 e. The van der Waals surface area contributed by atoms with Gasteiger partial charge < -0.3 is 14.8 Å². The molecule has 18 heavy (non-hydrogen) atoms. The van der Waals surface area contributed by atoms with Gasteiger partial charge in [-0.15, -0.1) is 5.10 Å². The molecule has 1 fully saturated rings. The third-order valence-corrected chi connectivity index (χ3v) is 3.14. The minimum absolute atomic E-state index is 0.0668. The van der Waals surface area contributed by atoms with Gasteiger partial charge in [0.25, 0.3) is 0 Å². The van der Waals surface area contributed by atoms with E-state index in [1.807, 2.05) is 18.3 Å². The molecule has 2 aromatic heterocycles. The van der Waals surface area contributed by atoms with Crippen molar-refractivity contribution >= 4 is 27.5 Å². The Hall–Kier alpha value is -1.18. The van der Waals surface area contributed by atoms with E-state index in [0.29, 0.717) is 32.3 Å². The first-order valence-corrected chi connectivity index (χ1v) is 6.56. The lowest BCUT2D eigenvalue weighted by atomic mass is 10.3. The van der Waals surface area contributed by atoms with Crippen molar-refractivity contribution in [1.29, 1.82) is 0 Å². The van der Waals surface area contributed by atoms with Crippen LogP contribution in [-0.4, -0.2) is 47.1 Å². The van der Waals surface area contributed by atoms with Crippen molar-refractivity contribution in [3.05, 3.63) is 22.8 Å². The summed E-state index contributed by atoms with van der Waals surface area (Å²) in [5, 5.41) is 7.49. The number of nitrogens with one attached hydrogen (secondary N) is 1. The number of nitrogens with zero attached hydrogens (tertiary/aromatic N) is 3. The molecule has 0 spiro atoms. The summed E-state index contributed by atoms with van der Waals surface area (Å²) < 4.78 is 13.6. The Kier molecular flexibility index (Phi) is 3.44. The zero-order valence-corrected chi connectivity index (χ0v) is 11.3. The average molecular weight is 313 g/mol. The fourth-order valence-electron chi connectivity index (χ4n) is 1.79. The van der Waals surface area contributed by atoms with Gasteiger partial charge >= 0.3 is 0 Å². The molecule has 0 aromatic carbocycles. The summed E-state index contributed by atoms with van der Waals surface area (Å²) >= 11 is 3.40. The molecule has 1 aliphatic rings. The molecule has 1 saturated heterocycles. The first kappa shape index (κ1) is 11.9. The van der Waals surface area contributed by atoms with Crippen LogP contribution in [0.3, 0.4) is 0 Å². The van der Waals surface area contributed by atoms with Crippen LogP contribution in [0, 0.1) is 0 Å². The molecule has 2 aromatic rings. The van der Waals surface area contributed by atoms with Crippen LogP contribution in [0.4, 0.5) is 5.95 Å². The summed E-state index contributed by atoms with van der Waals surface area (Å²) in [4.78, 5) is 4.36. The maximum atomic E-state index is 5.54. The van der Waals surface area contributed by atoms with Gasteiger partial charge in [-0.05, 0) is 28.1 Å². The van der Waals surface area contributed by atoms with Gasteiger partial charge in [-0.2, -0.15) is 4.98 Å². The highest BCUT2D eigenvalue weighted by Gasteiger charge is 2.14. The molecule has 1 N–H and O–H groups in total. The van der Waals surface area contributed by atoms with Crippen molar-refractivity contribution in [3.63, 3.8) is 0 Å². The second-order valence-corrected chi connectivity index (χ2v) is 4.95. The van der Waals surface area contributed by atoms with Crippen molar-refractivity contribution < 1.29 is 9.47 Å². The lowest BCUT2D eigenvalue weighted by Crippen LogP contribution is -2.34. The predicted octanol–water partition coefficient (Wildman–Crippen LogP) is 1.32. The molecular weight excluding hydrogens is 300 g/mol. The first-order valence-electron chi connectivity index (χ1n) is 5.76. The Bertz CT molecular complexity index is 539. The fourth-order valence-corrected chi connectivity index (χ4v) is 2.12. The standard InChI is InChI=1S/C11H13BrN4O2/c12-8-1-2-10-14-11(15-16(10)6-8)13-5-9-7-17-3-4-18-9/h1-2,6,9H,3-5,7H2,(H,13,15).